The maximum absolute atomic E-state index is 6.41. The number of rotatable bonds is 3. The topological polar surface area (TPSA) is 72.2 Å². The number of hydrogen-bond donors (Lipinski definition) is 0. The zero-order chi connectivity index (χ0) is 22.0. The molecule has 170 valence electrons. The Morgan fingerprint density at radius 1 is 1.06 bits per heavy atom. The lowest BCUT2D eigenvalue weighted by Gasteiger charge is -2.58. The number of benzene rings is 1. The first-order valence-corrected chi connectivity index (χ1v) is 12.1. The van der Waals surface area contributed by atoms with Crippen LogP contribution in [0.15, 0.2) is 36.7 Å². The Morgan fingerprint density at radius 2 is 1.91 bits per heavy atom. The van der Waals surface area contributed by atoms with E-state index in [1.54, 1.807) is 0 Å². The van der Waals surface area contributed by atoms with Crippen LogP contribution in [-0.4, -0.2) is 62.0 Å². The monoisotopic (exact) mass is 463 g/mol. The Balaban J connectivity index is 1.16. The maximum Gasteiger partial charge on any atom is 0.225 e. The first-order valence-electron chi connectivity index (χ1n) is 11.7. The summed E-state index contributed by atoms with van der Waals surface area (Å²) >= 11 is 6.41. The van der Waals surface area contributed by atoms with Crippen molar-refractivity contribution in [1.29, 1.82) is 0 Å². The van der Waals surface area contributed by atoms with Crippen LogP contribution < -0.4 is 4.90 Å². The predicted molar refractivity (Wildman–Crippen MR) is 123 cm³/mol. The Bertz CT molecular complexity index is 1180. The van der Waals surface area contributed by atoms with Gasteiger partial charge in [-0.3, -0.25) is 9.47 Å². The average molecular weight is 464 g/mol. The summed E-state index contributed by atoms with van der Waals surface area (Å²) in [7, 11) is 0. The van der Waals surface area contributed by atoms with Gasteiger partial charge in [-0.2, -0.15) is 0 Å². The van der Waals surface area contributed by atoms with Gasteiger partial charge in [0, 0.05) is 61.0 Å². The molecule has 1 aromatic carbocycles. The number of hydrogen-bond acceptors (Lipinski definition) is 7. The van der Waals surface area contributed by atoms with Crippen molar-refractivity contribution in [3.8, 4) is 5.69 Å². The molecule has 3 aliphatic heterocycles. The molecule has 7 rings (SSSR count). The largest absolute Gasteiger partial charge is 0.380 e. The summed E-state index contributed by atoms with van der Waals surface area (Å²) in [6, 6.07) is 8.49. The van der Waals surface area contributed by atoms with E-state index >= 15 is 0 Å². The number of halogens is 1. The SMILES string of the molecule is Clc1ccc2c(c1)CN([C@H]1CCOC1)Cc1nnc(C3CC4(C3)CN(c3ncccn3)C4)n1-2. The molecule has 0 amide bonds. The Hall–Kier alpha value is -2.55. The van der Waals surface area contributed by atoms with Gasteiger partial charge in [0.15, 0.2) is 5.82 Å². The van der Waals surface area contributed by atoms with E-state index in [1.165, 1.54) is 11.3 Å². The van der Waals surface area contributed by atoms with Crippen LogP contribution in [0, 0.1) is 5.41 Å². The molecule has 0 radical (unpaired) electrons. The standard InChI is InChI=1S/C24H26ClN7O/c25-18-2-3-20-16(8-18)11-30(19-4-7-33-13-19)12-21-28-29-22(32(20)21)17-9-24(10-17)14-31(15-24)23-26-5-1-6-27-23/h1-3,5-6,8,17,19H,4,7,9-15H2/t19-/m0/s1. The Labute approximate surface area is 197 Å². The molecule has 33 heavy (non-hydrogen) atoms. The Morgan fingerprint density at radius 3 is 2.70 bits per heavy atom. The zero-order valence-electron chi connectivity index (χ0n) is 18.4. The third-order valence-corrected chi connectivity index (χ3v) is 8.02. The molecular weight excluding hydrogens is 438 g/mol. The molecule has 5 heterocycles. The molecule has 8 nitrogen and oxygen atoms in total. The highest BCUT2D eigenvalue weighted by Gasteiger charge is 2.54. The van der Waals surface area contributed by atoms with Crippen molar-refractivity contribution in [2.24, 2.45) is 5.41 Å². The van der Waals surface area contributed by atoms with Gasteiger partial charge in [0.05, 0.1) is 18.8 Å². The van der Waals surface area contributed by atoms with Crippen molar-refractivity contribution in [2.45, 2.75) is 44.3 Å². The number of anilines is 1. The van der Waals surface area contributed by atoms with Gasteiger partial charge in [-0.05, 0) is 49.1 Å². The predicted octanol–water partition coefficient (Wildman–Crippen LogP) is 3.20. The molecule has 0 bridgehead atoms. The molecule has 0 unspecified atom stereocenters. The fourth-order valence-corrected chi connectivity index (χ4v) is 6.36. The fraction of sp³-hybridized carbons (Fsp3) is 0.500. The van der Waals surface area contributed by atoms with E-state index in [0.29, 0.717) is 17.4 Å². The minimum absolute atomic E-state index is 0.358. The maximum atomic E-state index is 6.41. The van der Waals surface area contributed by atoms with Gasteiger partial charge in [-0.15, -0.1) is 10.2 Å². The number of ether oxygens (including phenoxy) is 1. The minimum Gasteiger partial charge on any atom is -0.380 e. The van der Waals surface area contributed by atoms with Crippen LogP contribution in [0.5, 0.6) is 0 Å². The molecular formula is C24H26ClN7O. The molecule has 2 aromatic heterocycles. The molecule has 4 aliphatic rings. The molecule has 1 aliphatic carbocycles. The summed E-state index contributed by atoms with van der Waals surface area (Å²) in [5, 5.41) is 10.2. The van der Waals surface area contributed by atoms with Crippen LogP contribution >= 0.6 is 11.6 Å². The van der Waals surface area contributed by atoms with E-state index in [-0.39, 0.29) is 0 Å². The van der Waals surface area contributed by atoms with Gasteiger partial charge in [-0.25, -0.2) is 9.97 Å². The van der Waals surface area contributed by atoms with Gasteiger partial charge in [0.2, 0.25) is 5.95 Å². The van der Waals surface area contributed by atoms with Gasteiger partial charge in [-0.1, -0.05) is 11.6 Å². The number of aromatic nitrogens is 5. The molecule has 3 fully saturated rings. The summed E-state index contributed by atoms with van der Waals surface area (Å²) in [6.45, 7) is 5.30. The van der Waals surface area contributed by atoms with E-state index in [2.05, 4.69) is 41.6 Å². The second kappa shape index (κ2) is 7.48. The zero-order valence-corrected chi connectivity index (χ0v) is 19.2. The van der Waals surface area contributed by atoms with Crippen molar-refractivity contribution >= 4 is 17.5 Å². The fourth-order valence-electron chi connectivity index (χ4n) is 6.17. The highest BCUT2D eigenvalue weighted by atomic mass is 35.5. The van der Waals surface area contributed by atoms with Crippen molar-refractivity contribution in [3.63, 3.8) is 0 Å². The lowest BCUT2D eigenvalue weighted by atomic mass is 9.57. The van der Waals surface area contributed by atoms with Crippen LogP contribution in [-0.2, 0) is 17.8 Å². The normalized spacial score (nSPS) is 24.2. The van der Waals surface area contributed by atoms with E-state index < -0.39 is 0 Å². The van der Waals surface area contributed by atoms with Crippen molar-refractivity contribution < 1.29 is 4.74 Å². The second-order valence-corrected chi connectivity index (χ2v) is 10.5. The first-order chi connectivity index (χ1) is 16.2. The van der Waals surface area contributed by atoms with Crippen molar-refractivity contribution in [1.82, 2.24) is 29.6 Å². The van der Waals surface area contributed by atoms with Crippen molar-refractivity contribution in [2.75, 3.05) is 31.2 Å². The summed E-state index contributed by atoms with van der Waals surface area (Å²) < 4.78 is 7.99. The van der Waals surface area contributed by atoms with Gasteiger partial charge in [0.1, 0.15) is 5.82 Å². The van der Waals surface area contributed by atoms with Gasteiger partial charge in [0.25, 0.3) is 0 Å². The highest BCUT2D eigenvalue weighted by molar-refractivity contribution is 6.30. The molecule has 1 atom stereocenters. The second-order valence-electron chi connectivity index (χ2n) is 10.0. The summed E-state index contributed by atoms with van der Waals surface area (Å²) in [6.07, 6.45) is 6.96. The first kappa shape index (κ1) is 19.9. The minimum atomic E-state index is 0.358. The summed E-state index contributed by atoms with van der Waals surface area (Å²) in [4.78, 5) is 13.5. The molecule has 1 spiro atoms. The van der Waals surface area contributed by atoms with Gasteiger partial charge >= 0.3 is 0 Å². The van der Waals surface area contributed by atoms with Crippen LogP contribution in [0.2, 0.25) is 5.02 Å². The third-order valence-electron chi connectivity index (χ3n) is 7.79. The number of fused-ring (bicyclic) bond motifs is 3. The smallest absolute Gasteiger partial charge is 0.225 e. The Kier molecular flexibility index (Phi) is 4.51. The summed E-state index contributed by atoms with van der Waals surface area (Å²) in [5.41, 5.74) is 2.76. The average Bonchev–Trinajstić information content (AvgIpc) is 3.41. The van der Waals surface area contributed by atoms with E-state index in [1.807, 2.05) is 24.5 Å². The lowest BCUT2D eigenvalue weighted by Crippen LogP contribution is -2.62. The third kappa shape index (κ3) is 3.26. The summed E-state index contributed by atoms with van der Waals surface area (Å²) in [5.74, 6) is 3.38. The molecule has 1 saturated carbocycles. The molecule has 2 saturated heterocycles. The molecule has 0 N–H and O–H groups in total. The van der Waals surface area contributed by atoms with E-state index in [0.717, 1.165) is 81.3 Å². The van der Waals surface area contributed by atoms with E-state index in [4.69, 9.17) is 21.4 Å². The van der Waals surface area contributed by atoms with Crippen LogP contribution in [0.1, 0.15) is 42.4 Å². The van der Waals surface area contributed by atoms with Crippen LogP contribution in [0.4, 0.5) is 5.95 Å². The molecule has 3 aromatic rings. The number of nitrogens with zero attached hydrogens (tertiary/aromatic N) is 7. The highest BCUT2D eigenvalue weighted by Crippen LogP contribution is 2.56. The van der Waals surface area contributed by atoms with E-state index in [9.17, 15) is 0 Å². The molecule has 9 heteroatoms. The van der Waals surface area contributed by atoms with Crippen LogP contribution in [0.3, 0.4) is 0 Å². The quantitative estimate of drug-likeness (QED) is 0.590. The van der Waals surface area contributed by atoms with Gasteiger partial charge < -0.3 is 9.64 Å². The lowest BCUT2D eigenvalue weighted by molar-refractivity contribution is 0.0574. The van der Waals surface area contributed by atoms with Crippen LogP contribution in [0.25, 0.3) is 5.69 Å². The van der Waals surface area contributed by atoms with Crippen molar-refractivity contribution in [3.05, 3.63) is 58.9 Å².